The van der Waals surface area contributed by atoms with Crippen LogP contribution in [0.25, 0.3) is 10.9 Å². The highest BCUT2D eigenvalue weighted by Gasteiger charge is 1.93. The number of nitrogens with zero attached hydrogens (tertiary/aromatic N) is 2. The van der Waals surface area contributed by atoms with Gasteiger partial charge in [0.15, 0.2) is 0 Å². The third kappa shape index (κ3) is 1.17. The molecule has 1 aromatic heterocycles. The van der Waals surface area contributed by atoms with Gasteiger partial charge in [0.25, 0.3) is 0 Å². The highest BCUT2D eigenvalue weighted by molar-refractivity contribution is 6.31. The molecular formula is C8H5ClN2. The van der Waals surface area contributed by atoms with Crippen molar-refractivity contribution < 1.29 is 5.48 Å². The van der Waals surface area contributed by atoms with Crippen molar-refractivity contribution in [1.29, 1.82) is 0 Å². The fourth-order valence-electron chi connectivity index (χ4n) is 0.748. The van der Waals surface area contributed by atoms with Crippen molar-refractivity contribution in [3.8, 4) is 0 Å². The van der Waals surface area contributed by atoms with Crippen molar-refractivity contribution in [3.05, 3.63) is 35.4 Å². The van der Waals surface area contributed by atoms with Crippen molar-refractivity contribution in [3.63, 3.8) is 0 Å². The van der Waals surface area contributed by atoms with Crippen LogP contribution in [0.1, 0.15) is 5.48 Å². The van der Waals surface area contributed by atoms with Crippen LogP contribution in [0.2, 0.25) is 5.02 Å². The molecule has 0 unspecified atom stereocenters. The summed E-state index contributed by atoms with van der Waals surface area (Å²) < 4.78 is 29.9. The van der Waals surface area contributed by atoms with E-state index in [0.29, 0.717) is 0 Å². The molecule has 2 rings (SSSR count). The zero-order valence-corrected chi connectivity index (χ0v) is 6.11. The molecule has 0 amide bonds. The summed E-state index contributed by atoms with van der Waals surface area (Å²) in [6.45, 7) is 0. The number of fused-ring (bicyclic) bond motifs is 1. The third-order valence-corrected chi connectivity index (χ3v) is 1.42. The molecule has 2 aromatic rings. The summed E-state index contributed by atoms with van der Waals surface area (Å²) in [5.41, 5.74) is 0.266. The molecule has 0 bridgehead atoms. The molecule has 11 heavy (non-hydrogen) atoms. The van der Waals surface area contributed by atoms with Gasteiger partial charge in [-0.15, -0.1) is 0 Å². The van der Waals surface area contributed by atoms with E-state index in [1.54, 1.807) is 0 Å². The maximum Gasteiger partial charge on any atom is 0.0944 e. The Morgan fingerprint density at radius 2 is 2.27 bits per heavy atom. The molecule has 0 aliphatic rings. The summed E-state index contributed by atoms with van der Waals surface area (Å²) in [4.78, 5) is 0. The Bertz CT molecular complexity index is 558. The van der Waals surface area contributed by atoms with E-state index in [-0.39, 0.29) is 40.2 Å². The number of hydrogen-bond donors (Lipinski definition) is 0. The molecule has 0 fully saturated rings. The average molecular weight is 169 g/mol. The summed E-state index contributed by atoms with van der Waals surface area (Å²) in [5.74, 6) is 0. The van der Waals surface area contributed by atoms with E-state index >= 15 is 0 Å². The topological polar surface area (TPSA) is 25.8 Å². The van der Waals surface area contributed by atoms with Gasteiger partial charge in [-0.1, -0.05) is 17.6 Å². The zero-order valence-electron chi connectivity index (χ0n) is 9.35. The summed E-state index contributed by atoms with van der Waals surface area (Å²) in [6.07, 6.45) is -0.308. The number of rotatable bonds is 0. The van der Waals surface area contributed by atoms with Crippen LogP contribution in [0.15, 0.2) is 30.4 Å². The van der Waals surface area contributed by atoms with E-state index in [0.717, 1.165) is 0 Å². The molecule has 0 radical (unpaired) electrons. The molecule has 0 spiro atoms. The summed E-state index contributed by atoms with van der Waals surface area (Å²) >= 11 is 5.70. The molecule has 1 aromatic carbocycles. The number of aromatic nitrogens is 2. The largest absolute Gasteiger partial charge is 0.159 e. The van der Waals surface area contributed by atoms with Gasteiger partial charge >= 0.3 is 0 Å². The predicted octanol–water partition coefficient (Wildman–Crippen LogP) is 2.28. The molecule has 0 saturated heterocycles. The Morgan fingerprint density at radius 1 is 1.36 bits per heavy atom. The van der Waals surface area contributed by atoms with Crippen LogP contribution in [-0.4, -0.2) is 10.2 Å². The first-order valence-corrected chi connectivity index (χ1v) is 3.29. The molecule has 0 saturated carbocycles. The lowest BCUT2D eigenvalue weighted by molar-refractivity contribution is 1.08. The van der Waals surface area contributed by atoms with Crippen LogP contribution in [0.3, 0.4) is 0 Å². The fraction of sp³-hybridized carbons (Fsp3) is 0. The quantitative estimate of drug-likeness (QED) is 0.603. The van der Waals surface area contributed by atoms with Crippen LogP contribution in [0, 0.1) is 0 Å². The first-order valence-electron chi connectivity index (χ1n) is 4.91. The van der Waals surface area contributed by atoms with Gasteiger partial charge in [0, 0.05) is 10.4 Å². The van der Waals surface area contributed by atoms with Gasteiger partial charge < -0.3 is 0 Å². The fourth-order valence-corrected chi connectivity index (χ4v) is 0.899. The van der Waals surface area contributed by atoms with Gasteiger partial charge in [0.05, 0.1) is 17.2 Å². The molecular weight excluding hydrogens is 160 g/mol. The lowest BCUT2D eigenvalue weighted by atomic mass is 10.2. The third-order valence-electron chi connectivity index (χ3n) is 1.22. The summed E-state index contributed by atoms with van der Waals surface area (Å²) in [7, 11) is 0. The molecule has 54 valence electrons. The van der Waals surface area contributed by atoms with Crippen LogP contribution in [-0.2, 0) is 0 Å². The Kier molecular flexibility index (Phi) is 0.787. The summed E-state index contributed by atoms with van der Waals surface area (Å²) in [6, 6.07) is 0.827. The van der Waals surface area contributed by atoms with Gasteiger partial charge in [-0.25, -0.2) is 0 Å². The SMILES string of the molecule is [2H]c1nnc2cc(Cl)c([2H])c([2H])c2c1[2H]. The highest BCUT2D eigenvalue weighted by Crippen LogP contribution is 2.15. The molecule has 1 heterocycles. The lowest BCUT2D eigenvalue weighted by Gasteiger charge is -1.93. The van der Waals surface area contributed by atoms with E-state index < -0.39 is 0 Å². The molecule has 0 atom stereocenters. The van der Waals surface area contributed by atoms with Crippen molar-refractivity contribution >= 4 is 22.5 Å². The van der Waals surface area contributed by atoms with Gasteiger partial charge in [-0.3, -0.25) is 0 Å². The maximum atomic E-state index is 7.62. The van der Waals surface area contributed by atoms with Crippen molar-refractivity contribution in [2.75, 3.05) is 0 Å². The second-order valence-corrected chi connectivity index (χ2v) is 2.35. The van der Waals surface area contributed by atoms with Crippen molar-refractivity contribution in [2.45, 2.75) is 0 Å². The Balaban J connectivity index is 3.00. The molecule has 2 nitrogen and oxygen atoms in total. The van der Waals surface area contributed by atoms with Crippen LogP contribution in [0.5, 0.6) is 0 Å². The van der Waals surface area contributed by atoms with E-state index in [1.165, 1.54) is 6.07 Å². The molecule has 3 heteroatoms. The van der Waals surface area contributed by atoms with Crippen molar-refractivity contribution in [1.82, 2.24) is 10.2 Å². The average Bonchev–Trinajstić information content (AvgIpc) is 2.20. The normalized spacial score (nSPS) is 15.4. The molecule has 0 N–H and O–H groups in total. The van der Waals surface area contributed by atoms with Gasteiger partial charge in [-0.05, 0) is 18.2 Å². The minimum absolute atomic E-state index is 0.0962. The predicted molar refractivity (Wildman–Crippen MR) is 44.5 cm³/mol. The Labute approximate surface area is 74.4 Å². The van der Waals surface area contributed by atoms with Crippen LogP contribution in [0.4, 0.5) is 0 Å². The molecule has 0 aliphatic heterocycles. The van der Waals surface area contributed by atoms with Gasteiger partial charge in [0.2, 0.25) is 0 Å². The first-order chi connectivity index (χ1) is 7.02. The smallest absolute Gasteiger partial charge is 0.0944 e. The molecule has 0 aliphatic carbocycles. The van der Waals surface area contributed by atoms with Crippen molar-refractivity contribution in [2.24, 2.45) is 0 Å². The number of benzene rings is 1. The van der Waals surface area contributed by atoms with Crippen LogP contribution < -0.4 is 0 Å². The number of hydrogen-bond acceptors (Lipinski definition) is 2. The number of halogens is 1. The van der Waals surface area contributed by atoms with E-state index in [2.05, 4.69) is 10.2 Å². The van der Waals surface area contributed by atoms with Crippen LogP contribution >= 0.6 is 11.6 Å². The zero-order chi connectivity index (χ0) is 11.2. The second kappa shape index (κ2) is 2.47. The minimum Gasteiger partial charge on any atom is -0.159 e. The van der Waals surface area contributed by atoms with E-state index in [9.17, 15) is 0 Å². The monoisotopic (exact) mass is 168 g/mol. The first kappa shape index (κ1) is 3.50. The summed E-state index contributed by atoms with van der Waals surface area (Å²) in [5, 5.41) is 7.34. The van der Waals surface area contributed by atoms with E-state index in [1.807, 2.05) is 0 Å². The second-order valence-electron chi connectivity index (χ2n) is 1.94. The lowest BCUT2D eigenvalue weighted by Crippen LogP contribution is -1.80. The highest BCUT2D eigenvalue weighted by atomic mass is 35.5. The van der Waals surface area contributed by atoms with Gasteiger partial charge in [0.1, 0.15) is 0 Å². The van der Waals surface area contributed by atoms with Gasteiger partial charge in [-0.2, -0.15) is 10.2 Å². The van der Waals surface area contributed by atoms with E-state index in [4.69, 9.17) is 17.1 Å². The standard InChI is InChI=1S/C8H5ClN2/c9-7-2-1-6-3-4-10-11-8(6)5-7/h1-5H/i1D,2D,3D,4D. The Morgan fingerprint density at radius 3 is 3.18 bits per heavy atom. The Hall–Kier alpha value is -1.15. The maximum absolute atomic E-state index is 7.62. The minimum atomic E-state index is -0.308.